The number of nitriles is 1. The number of carbonyl (C=O) groups excluding carboxylic acids is 3. The second-order valence-electron chi connectivity index (χ2n) is 16.0. The normalized spacial score (nSPS) is 26.2. The van der Waals surface area contributed by atoms with Crippen LogP contribution in [0.2, 0.25) is 10.0 Å². The zero-order valence-corrected chi connectivity index (χ0v) is 34.8. The van der Waals surface area contributed by atoms with E-state index in [1.54, 1.807) is 30.3 Å². The van der Waals surface area contributed by atoms with Crippen LogP contribution in [0, 0.1) is 28.4 Å². The second kappa shape index (κ2) is 18.4. The van der Waals surface area contributed by atoms with Gasteiger partial charge in [0.2, 0.25) is 12.2 Å². The van der Waals surface area contributed by atoms with Crippen LogP contribution in [0.3, 0.4) is 0 Å². The van der Waals surface area contributed by atoms with Crippen molar-refractivity contribution in [1.29, 1.82) is 5.26 Å². The van der Waals surface area contributed by atoms with Crippen molar-refractivity contribution in [3.63, 3.8) is 0 Å². The van der Waals surface area contributed by atoms with Gasteiger partial charge in [-0.25, -0.2) is 18.4 Å². The van der Waals surface area contributed by atoms with Crippen LogP contribution in [0.1, 0.15) is 60.2 Å². The molecule has 4 aromatic rings. The summed E-state index contributed by atoms with van der Waals surface area (Å²) in [6.45, 7) is 5.52. The zero-order chi connectivity index (χ0) is 44.4. The highest BCUT2D eigenvalue weighted by molar-refractivity contribution is 6.31. The predicted octanol–water partition coefficient (Wildman–Crippen LogP) is 5.95. The molecule has 61 heavy (non-hydrogen) atoms. The number of esters is 2. The van der Waals surface area contributed by atoms with E-state index in [1.165, 1.54) is 55.6 Å². The Labute approximate surface area is 360 Å². The summed E-state index contributed by atoms with van der Waals surface area (Å²) in [6, 6.07) is 20.3. The molecule has 6 rings (SSSR count). The van der Waals surface area contributed by atoms with Crippen LogP contribution in [-0.4, -0.2) is 83.1 Å². The number of benzene rings is 4. The predicted molar refractivity (Wildman–Crippen MR) is 218 cm³/mol. The Balaban J connectivity index is 1.28. The van der Waals surface area contributed by atoms with Gasteiger partial charge in [-0.15, -0.1) is 0 Å². The number of aliphatic hydroxyl groups is 3. The van der Waals surface area contributed by atoms with Crippen molar-refractivity contribution in [3.8, 4) is 11.8 Å². The highest BCUT2D eigenvalue weighted by Crippen LogP contribution is 2.53. The molecule has 0 spiro atoms. The maximum atomic E-state index is 16.1. The number of hydrogen-bond donors (Lipinski definition) is 5. The van der Waals surface area contributed by atoms with E-state index in [0.29, 0.717) is 5.56 Å². The Morgan fingerprint density at radius 2 is 1.67 bits per heavy atom. The molecule has 2 fully saturated rings. The first-order valence-electron chi connectivity index (χ1n) is 19.1. The molecular formula is C44H43Cl2F2N3O10. The Kier molecular flexibility index (Phi) is 13.7. The summed E-state index contributed by atoms with van der Waals surface area (Å²) in [7, 11) is 1.25. The molecule has 4 aromatic carbocycles. The van der Waals surface area contributed by atoms with Gasteiger partial charge in [0.1, 0.15) is 47.7 Å². The van der Waals surface area contributed by atoms with Crippen molar-refractivity contribution in [3.05, 3.63) is 129 Å². The first-order chi connectivity index (χ1) is 28.9. The molecule has 0 bridgehead atoms. The van der Waals surface area contributed by atoms with E-state index >= 15 is 8.78 Å². The average Bonchev–Trinajstić information content (AvgIpc) is 3.54. The fourth-order valence-corrected chi connectivity index (χ4v) is 8.15. The summed E-state index contributed by atoms with van der Waals surface area (Å²) in [5, 5.41) is 48.5. The minimum Gasteiger partial charge on any atom is -0.495 e. The van der Waals surface area contributed by atoms with E-state index < -0.39 is 89.0 Å². The van der Waals surface area contributed by atoms with E-state index in [4.69, 9.17) is 42.1 Å². The molecule has 0 aliphatic carbocycles. The largest absolute Gasteiger partial charge is 0.495 e. The van der Waals surface area contributed by atoms with E-state index in [9.17, 15) is 35.0 Å². The average molecular weight is 883 g/mol. The second-order valence-corrected chi connectivity index (χ2v) is 16.8. The maximum Gasteiger partial charge on any atom is 0.340 e. The van der Waals surface area contributed by atoms with Gasteiger partial charge in [0.15, 0.2) is 6.10 Å². The molecule has 2 aliphatic rings. The molecule has 0 aromatic heterocycles. The van der Waals surface area contributed by atoms with Crippen LogP contribution >= 0.6 is 23.2 Å². The summed E-state index contributed by atoms with van der Waals surface area (Å²) in [5.74, 6) is -6.16. The molecule has 0 saturated carbocycles. The lowest BCUT2D eigenvalue weighted by Gasteiger charge is -2.38. The monoisotopic (exact) mass is 881 g/mol. The number of ether oxygens (including phenoxy) is 4. The number of methoxy groups -OCH3 is 1. The quantitative estimate of drug-likeness (QED) is 0.111. The highest BCUT2D eigenvalue weighted by atomic mass is 35.5. The van der Waals surface area contributed by atoms with Gasteiger partial charge < -0.3 is 44.9 Å². The van der Waals surface area contributed by atoms with Gasteiger partial charge in [0.05, 0.1) is 35.5 Å². The third-order valence-electron chi connectivity index (χ3n) is 10.7. The fraction of sp³-hybridized carbons (Fsp3) is 0.364. The summed E-state index contributed by atoms with van der Waals surface area (Å²) in [6.07, 6.45) is -9.41. The standard InChI is InChI=1S/C44H43Cl2F2N3O10/c1-43(2,3)19-31-44(21-49,26-15-14-24(45)18-28(26)47)32(25-11-8-12-27(46)33(25)48)34(51-31)39(55)50-29-16-13-23(17-30(29)58-4)40(56)61-42-37(54)35(52)36(53)38(60-42)41(57)59-20-22-9-6-5-7-10-22/h5-18,31-32,34-38,42,51-54H,19-20H2,1-4H3,(H,50,55)/t31-,32-,34+,35-,36-,37+,38-,42-,44-/m0/s1. The lowest BCUT2D eigenvalue weighted by molar-refractivity contribution is -0.280. The lowest BCUT2D eigenvalue weighted by atomic mass is 9.62. The van der Waals surface area contributed by atoms with Crippen molar-refractivity contribution >= 4 is 46.7 Å². The Morgan fingerprint density at radius 1 is 0.951 bits per heavy atom. The topological polar surface area (TPSA) is 197 Å². The summed E-state index contributed by atoms with van der Waals surface area (Å²) in [4.78, 5) is 40.8. The SMILES string of the molecule is COc1cc(C(=O)O[C@@H]2O[C@H](C(=O)OCc3ccccc3)[C@@H](O)[C@H](O)[C@H]2O)ccc1NC(=O)[C@@H]1N[C@@H](CC(C)(C)C)[C@](C#N)(c2ccc(Cl)cc2F)[C@H]1c1cccc(Cl)c1F. The molecular weight excluding hydrogens is 839 g/mol. The van der Waals surface area contributed by atoms with Gasteiger partial charge in [-0.2, -0.15) is 5.26 Å². The number of amides is 1. The number of aliphatic hydroxyl groups excluding tert-OH is 3. The first-order valence-corrected chi connectivity index (χ1v) is 19.8. The van der Waals surface area contributed by atoms with Gasteiger partial charge in [0.25, 0.3) is 0 Å². The van der Waals surface area contributed by atoms with Crippen LogP contribution in [-0.2, 0) is 35.8 Å². The third-order valence-corrected chi connectivity index (χ3v) is 11.2. The fourth-order valence-electron chi connectivity index (χ4n) is 7.81. The van der Waals surface area contributed by atoms with E-state index in [2.05, 4.69) is 16.7 Å². The first kappa shape index (κ1) is 45.3. The Bertz CT molecular complexity index is 2330. The molecule has 0 radical (unpaired) electrons. The molecule has 9 atom stereocenters. The number of carbonyl (C=O) groups is 3. The molecule has 17 heteroatoms. The maximum absolute atomic E-state index is 16.1. The van der Waals surface area contributed by atoms with Crippen molar-refractivity contribution in [1.82, 2.24) is 5.32 Å². The molecule has 0 unspecified atom stereocenters. The van der Waals surface area contributed by atoms with E-state index in [1.807, 2.05) is 20.8 Å². The Hall–Kier alpha value is -5.18. The molecule has 2 heterocycles. The summed E-state index contributed by atoms with van der Waals surface area (Å²) >= 11 is 12.4. The van der Waals surface area contributed by atoms with Crippen molar-refractivity contribution < 1.29 is 57.4 Å². The lowest BCUT2D eigenvalue weighted by Crippen LogP contribution is -2.60. The van der Waals surface area contributed by atoms with Gasteiger partial charge in [-0.3, -0.25) is 4.79 Å². The van der Waals surface area contributed by atoms with Crippen LogP contribution in [0.4, 0.5) is 14.5 Å². The van der Waals surface area contributed by atoms with Crippen LogP contribution < -0.4 is 15.4 Å². The molecule has 5 N–H and O–H groups in total. The molecule has 322 valence electrons. The van der Waals surface area contributed by atoms with Gasteiger partial charge >= 0.3 is 11.9 Å². The summed E-state index contributed by atoms with van der Waals surface area (Å²) < 4.78 is 53.6. The number of nitrogens with one attached hydrogen (secondary N) is 2. The molecule has 2 saturated heterocycles. The number of halogens is 4. The number of hydrogen-bond acceptors (Lipinski definition) is 12. The minimum absolute atomic E-state index is 0.0180. The molecule has 13 nitrogen and oxygen atoms in total. The van der Waals surface area contributed by atoms with Crippen LogP contribution in [0.5, 0.6) is 5.75 Å². The molecule has 2 aliphatic heterocycles. The molecule has 1 amide bonds. The number of nitrogens with zero attached hydrogens (tertiary/aromatic N) is 1. The number of rotatable bonds is 11. The van der Waals surface area contributed by atoms with E-state index in [-0.39, 0.29) is 51.2 Å². The van der Waals surface area contributed by atoms with Gasteiger partial charge in [-0.05, 0) is 59.4 Å². The zero-order valence-electron chi connectivity index (χ0n) is 33.3. The summed E-state index contributed by atoms with van der Waals surface area (Å²) in [5.41, 5.74) is -2.15. The van der Waals surface area contributed by atoms with Gasteiger partial charge in [0, 0.05) is 22.5 Å². The van der Waals surface area contributed by atoms with Crippen LogP contribution in [0.15, 0.2) is 84.9 Å². The van der Waals surface area contributed by atoms with Gasteiger partial charge in [-0.1, -0.05) is 92.5 Å². The van der Waals surface area contributed by atoms with E-state index in [0.717, 1.165) is 6.07 Å². The Morgan fingerprint density at radius 3 is 2.33 bits per heavy atom. The number of anilines is 1. The van der Waals surface area contributed by atoms with Crippen LogP contribution in [0.25, 0.3) is 0 Å². The highest BCUT2D eigenvalue weighted by Gasteiger charge is 2.61. The van der Waals surface area contributed by atoms with Crippen molar-refractivity contribution in [2.45, 2.75) is 87.9 Å². The smallest absolute Gasteiger partial charge is 0.340 e. The van der Waals surface area contributed by atoms with Crippen molar-refractivity contribution in [2.75, 3.05) is 12.4 Å². The minimum atomic E-state index is -1.97. The van der Waals surface area contributed by atoms with Crippen molar-refractivity contribution in [2.24, 2.45) is 5.41 Å². The third kappa shape index (κ3) is 9.36.